The van der Waals surface area contributed by atoms with Gasteiger partial charge in [0, 0.05) is 25.2 Å². The summed E-state index contributed by atoms with van der Waals surface area (Å²) in [6.07, 6.45) is -4.74. The summed E-state index contributed by atoms with van der Waals surface area (Å²) in [7, 11) is 1.95. The highest BCUT2D eigenvalue weighted by Crippen LogP contribution is 2.22. The molecule has 2 aromatic rings. The van der Waals surface area contributed by atoms with Crippen molar-refractivity contribution in [2.24, 2.45) is 0 Å². The van der Waals surface area contributed by atoms with Gasteiger partial charge in [0.2, 0.25) is 0 Å². The molecule has 0 atom stereocenters. The van der Waals surface area contributed by atoms with Gasteiger partial charge < -0.3 is 15.0 Å². The van der Waals surface area contributed by atoms with Gasteiger partial charge in [0.05, 0.1) is 0 Å². The molecule has 0 aliphatic rings. The second-order valence-corrected chi connectivity index (χ2v) is 5.55. The zero-order valence-corrected chi connectivity index (χ0v) is 13.7. The smallest absolute Gasteiger partial charge is 0.406 e. The van der Waals surface area contributed by atoms with Gasteiger partial charge in [-0.15, -0.1) is 13.2 Å². The van der Waals surface area contributed by atoms with E-state index in [9.17, 15) is 18.0 Å². The molecule has 4 nitrogen and oxygen atoms in total. The first-order valence-electron chi connectivity index (χ1n) is 7.70. The van der Waals surface area contributed by atoms with E-state index in [2.05, 4.69) is 15.0 Å². The maximum absolute atomic E-state index is 12.1. The number of amides is 1. The van der Waals surface area contributed by atoms with E-state index >= 15 is 0 Å². The molecule has 0 fully saturated rings. The third-order valence-electron chi connectivity index (χ3n) is 3.42. The van der Waals surface area contributed by atoms with Gasteiger partial charge >= 0.3 is 6.36 Å². The lowest BCUT2D eigenvalue weighted by Gasteiger charge is -2.17. The minimum absolute atomic E-state index is 0.278. The molecule has 0 aliphatic carbocycles. The summed E-state index contributed by atoms with van der Waals surface area (Å²) in [4.78, 5) is 14.1. The highest BCUT2D eigenvalue weighted by Gasteiger charge is 2.31. The van der Waals surface area contributed by atoms with Crippen LogP contribution in [0.1, 0.15) is 15.9 Å². The van der Waals surface area contributed by atoms with E-state index in [0.717, 1.165) is 18.7 Å². The average molecular weight is 352 g/mol. The second-order valence-electron chi connectivity index (χ2n) is 5.55. The zero-order valence-electron chi connectivity index (χ0n) is 13.7. The van der Waals surface area contributed by atoms with Crippen molar-refractivity contribution in [2.45, 2.75) is 12.9 Å². The minimum atomic E-state index is -4.74. The van der Waals surface area contributed by atoms with Crippen molar-refractivity contribution in [2.75, 3.05) is 20.1 Å². The van der Waals surface area contributed by atoms with Gasteiger partial charge in [-0.05, 0) is 36.9 Å². The number of alkyl halides is 3. The summed E-state index contributed by atoms with van der Waals surface area (Å²) in [6, 6.07) is 14.8. The normalized spacial score (nSPS) is 11.4. The number of halogens is 3. The third kappa shape index (κ3) is 6.84. The second kappa shape index (κ2) is 8.53. The molecule has 1 amide bonds. The van der Waals surface area contributed by atoms with E-state index in [0.29, 0.717) is 13.1 Å². The standard InChI is InChI=1S/C18H19F3N2O2/c1-23(13-14-5-3-2-4-6-14)12-11-22-17(24)15-7-9-16(10-8-15)25-18(19,20)21/h2-10H,11-13H2,1H3,(H,22,24). The number of hydrogen-bond acceptors (Lipinski definition) is 3. The first kappa shape index (κ1) is 18.8. The van der Waals surface area contributed by atoms with Crippen LogP contribution in [0.4, 0.5) is 13.2 Å². The molecule has 2 aromatic carbocycles. The Morgan fingerprint density at radius 1 is 1.08 bits per heavy atom. The topological polar surface area (TPSA) is 41.6 Å². The van der Waals surface area contributed by atoms with Crippen LogP contribution in [-0.2, 0) is 6.54 Å². The van der Waals surface area contributed by atoms with Crippen molar-refractivity contribution in [1.29, 1.82) is 0 Å². The van der Waals surface area contributed by atoms with E-state index < -0.39 is 6.36 Å². The molecule has 0 saturated carbocycles. The van der Waals surface area contributed by atoms with Crippen LogP contribution in [-0.4, -0.2) is 37.3 Å². The maximum atomic E-state index is 12.1. The fourth-order valence-electron chi connectivity index (χ4n) is 2.24. The van der Waals surface area contributed by atoms with Gasteiger partial charge in [-0.1, -0.05) is 30.3 Å². The predicted octanol–water partition coefficient (Wildman–Crippen LogP) is 3.45. The van der Waals surface area contributed by atoms with Gasteiger partial charge in [-0.2, -0.15) is 0 Å². The Labute approximate surface area is 144 Å². The van der Waals surface area contributed by atoms with Gasteiger partial charge in [0.1, 0.15) is 5.75 Å². The molecule has 0 aliphatic heterocycles. The molecule has 134 valence electrons. The Balaban J connectivity index is 1.76. The lowest BCUT2D eigenvalue weighted by Crippen LogP contribution is -2.32. The summed E-state index contributed by atoms with van der Waals surface area (Å²) in [5.74, 6) is -0.696. The van der Waals surface area contributed by atoms with Crippen molar-refractivity contribution in [3.8, 4) is 5.75 Å². The van der Waals surface area contributed by atoms with Crippen molar-refractivity contribution in [1.82, 2.24) is 10.2 Å². The number of hydrogen-bond donors (Lipinski definition) is 1. The van der Waals surface area contributed by atoms with Gasteiger partial charge in [0.15, 0.2) is 0 Å². The Morgan fingerprint density at radius 2 is 1.72 bits per heavy atom. The summed E-state index contributed by atoms with van der Waals surface area (Å²) in [5.41, 5.74) is 1.46. The molecular weight excluding hydrogens is 333 g/mol. The number of benzene rings is 2. The molecule has 7 heteroatoms. The number of carbonyl (C=O) groups is 1. The largest absolute Gasteiger partial charge is 0.573 e. The number of carbonyl (C=O) groups excluding carboxylic acids is 1. The third-order valence-corrected chi connectivity index (χ3v) is 3.42. The first-order chi connectivity index (χ1) is 11.8. The fraction of sp³-hybridized carbons (Fsp3) is 0.278. The van der Waals surface area contributed by atoms with E-state index in [-0.39, 0.29) is 17.2 Å². The Kier molecular flexibility index (Phi) is 6.41. The number of nitrogens with one attached hydrogen (secondary N) is 1. The Morgan fingerprint density at radius 3 is 2.32 bits per heavy atom. The lowest BCUT2D eigenvalue weighted by molar-refractivity contribution is -0.274. The van der Waals surface area contributed by atoms with Crippen molar-refractivity contribution >= 4 is 5.91 Å². The molecule has 0 bridgehead atoms. The van der Waals surface area contributed by atoms with Crippen LogP contribution in [0.3, 0.4) is 0 Å². The van der Waals surface area contributed by atoms with Crippen LogP contribution in [0, 0.1) is 0 Å². The monoisotopic (exact) mass is 352 g/mol. The molecular formula is C18H19F3N2O2. The lowest BCUT2D eigenvalue weighted by atomic mass is 10.2. The van der Waals surface area contributed by atoms with Crippen LogP contribution in [0.5, 0.6) is 5.75 Å². The summed E-state index contributed by atoms with van der Waals surface area (Å²) in [5, 5.41) is 2.74. The molecule has 25 heavy (non-hydrogen) atoms. The van der Waals surface area contributed by atoms with Crippen molar-refractivity contribution in [3.63, 3.8) is 0 Å². The SMILES string of the molecule is CN(CCNC(=O)c1ccc(OC(F)(F)F)cc1)Cc1ccccc1. The van der Waals surface area contributed by atoms with E-state index in [1.54, 1.807) is 0 Å². The quantitative estimate of drug-likeness (QED) is 0.830. The van der Waals surface area contributed by atoms with Crippen LogP contribution in [0.15, 0.2) is 54.6 Å². The van der Waals surface area contributed by atoms with Crippen molar-refractivity contribution < 1.29 is 22.7 Å². The molecule has 0 saturated heterocycles. The predicted molar refractivity (Wildman–Crippen MR) is 88.2 cm³/mol. The highest BCUT2D eigenvalue weighted by molar-refractivity contribution is 5.94. The van der Waals surface area contributed by atoms with Gasteiger partial charge in [-0.3, -0.25) is 4.79 Å². The number of rotatable bonds is 7. The Hall–Kier alpha value is -2.54. The van der Waals surface area contributed by atoms with Crippen molar-refractivity contribution in [3.05, 3.63) is 65.7 Å². The number of likely N-dealkylation sites (N-methyl/N-ethyl adjacent to an activating group) is 1. The molecule has 0 spiro atoms. The van der Waals surface area contributed by atoms with E-state index in [4.69, 9.17) is 0 Å². The van der Waals surface area contributed by atoms with E-state index in [1.165, 1.54) is 17.7 Å². The average Bonchev–Trinajstić information content (AvgIpc) is 2.55. The van der Waals surface area contributed by atoms with E-state index in [1.807, 2.05) is 37.4 Å². The first-order valence-corrected chi connectivity index (χ1v) is 7.70. The molecule has 1 N–H and O–H groups in total. The van der Waals surface area contributed by atoms with Gasteiger partial charge in [-0.25, -0.2) is 0 Å². The molecule has 0 heterocycles. The molecule has 2 rings (SSSR count). The van der Waals surface area contributed by atoms with Crippen LogP contribution in [0.25, 0.3) is 0 Å². The van der Waals surface area contributed by atoms with Gasteiger partial charge in [0.25, 0.3) is 5.91 Å². The number of ether oxygens (including phenoxy) is 1. The summed E-state index contributed by atoms with van der Waals surface area (Å²) < 4.78 is 40.0. The minimum Gasteiger partial charge on any atom is -0.406 e. The summed E-state index contributed by atoms with van der Waals surface area (Å²) >= 11 is 0. The molecule has 0 aromatic heterocycles. The fourth-order valence-corrected chi connectivity index (χ4v) is 2.24. The molecule has 0 unspecified atom stereocenters. The van der Waals surface area contributed by atoms with Crippen LogP contribution >= 0.6 is 0 Å². The Bertz CT molecular complexity index is 673. The zero-order chi connectivity index (χ0) is 18.3. The number of nitrogens with zero attached hydrogens (tertiary/aromatic N) is 1. The van der Waals surface area contributed by atoms with Crippen LogP contribution in [0.2, 0.25) is 0 Å². The molecule has 0 radical (unpaired) electrons. The summed E-state index contributed by atoms with van der Waals surface area (Å²) in [6.45, 7) is 1.85. The van der Waals surface area contributed by atoms with Crippen LogP contribution < -0.4 is 10.1 Å². The highest BCUT2D eigenvalue weighted by atomic mass is 19.4. The maximum Gasteiger partial charge on any atom is 0.573 e.